The number of ether oxygens (including phenoxy) is 1. The summed E-state index contributed by atoms with van der Waals surface area (Å²) >= 11 is 0. The van der Waals surface area contributed by atoms with Crippen molar-refractivity contribution in [2.45, 2.75) is 31.0 Å². The van der Waals surface area contributed by atoms with Gasteiger partial charge >= 0.3 is 0 Å². The first-order valence-corrected chi connectivity index (χ1v) is 7.82. The molecule has 0 aromatic heterocycles. The first-order chi connectivity index (χ1) is 10.7. The molecule has 0 aliphatic heterocycles. The lowest BCUT2D eigenvalue weighted by molar-refractivity contribution is 0.0753. The Labute approximate surface area is 130 Å². The molecule has 3 nitrogen and oxygen atoms in total. The van der Waals surface area contributed by atoms with Gasteiger partial charge in [-0.3, -0.25) is 0 Å². The van der Waals surface area contributed by atoms with Gasteiger partial charge in [-0.2, -0.15) is 0 Å². The SMILES string of the molecule is COc1ccc2c(c1)C1c3ccccc3C(O)CC1CC2O. The molecule has 4 rings (SSSR count). The lowest BCUT2D eigenvalue weighted by atomic mass is 9.64. The monoisotopic (exact) mass is 296 g/mol. The Hall–Kier alpha value is -1.84. The van der Waals surface area contributed by atoms with Gasteiger partial charge in [-0.05, 0) is 53.1 Å². The summed E-state index contributed by atoms with van der Waals surface area (Å²) in [4.78, 5) is 0. The van der Waals surface area contributed by atoms with Crippen LogP contribution in [-0.2, 0) is 0 Å². The van der Waals surface area contributed by atoms with Gasteiger partial charge < -0.3 is 14.9 Å². The number of fused-ring (bicyclic) bond motifs is 5. The van der Waals surface area contributed by atoms with Crippen molar-refractivity contribution in [2.75, 3.05) is 7.11 Å². The fraction of sp³-hybridized carbons (Fsp3) is 0.368. The lowest BCUT2D eigenvalue weighted by Gasteiger charge is -2.42. The number of rotatable bonds is 1. The summed E-state index contributed by atoms with van der Waals surface area (Å²) in [5, 5.41) is 20.9. The molecule has 4 atom stereocenters. The van der Waals surface area contributed by atoms with Crippen LogP contribution in [0, 0.1) is 5.92 Å². The molecular formula is C19H20O3. The van der Waals surface area contributed by atoms with Crippen LogP contribution < -0.4 is 4.74 Å². The molecule has 114 valence electrons. The van der Waals surface area contributed by atoms with Crippen molar-refractivity contribution in [3.63, 3.8) is 0 Å². The lowest BCUT2D eigenvalue weighted by Crippen LogP contribution is -2.30. The molecule has 4 unspecified atom stereocenters. The van der Waals surface area contributed by atoms with Crippen LogP contribution in [-0.4, -0.2) is 17.3 Å². The first-order valence-electron chi connectivity index (χ1n) is 7.82. The minimum Gasteiger partial charge on any atom is -0.497 e. The third kappa shape index (κ3) is 1.97. The van der Waals surface area contributed by atoms with E-state index in [9.17, 15) is 10.2 Å². The fourth-order valence-corrected chi connectivity index (χ4v) is 4.22. The molecule has 2 aromatic carbocycles. The average molecular weight is 296 g/mol. The second-order valence-corrected chi connectivity index (χ2v) is 6.36. The Morgan fingerprint density at radius 2 is 1.50 bits per heavy atom. The summed E-state index contributed by atoms with van der Waals surface area (Å²) in [6.07, 6.45) is 0.515. The van der Waals surface area contributed by atoms with Crippen LogP contribution in [0.4, 0.5) is 0 Å². The van der Waals surface area contributed by atoms with Crippen molar-refractivity contribution < 1.29 is 14.9 Å². The second-order valence-electron chi connectivity index (χ2n) is 6.36. The summed E-state index contributed by atoms with van der Waals surface area (Å²) in [6, 6.07) is 14.1. The number of hydrogen-bond acceptors (Lipinski definition) is 3. The van der Waals surface area contributed by atoms with Gasteiger partial charge in [-0.1, -0.05) is 30.3 Å². The van der Waals surface area contributed by atoms with E-state index in [1.54, 1.807) is 7.11 Å². The summed E-state index contributed by atoms with van der Waals surface area (Å²) < 4.78 is 5.37. The number of benzene rings is 2. The Bertz CT molecular complexity index is 710. The average Bonchev–Trinajstić information content (AvgIpc) is 2.54. The number of aliphatic hydroxyl groups excluding tert-OH is 2. The Morgan fingerprint density at radius 1 is 0.864 bits per heavy atom. The standard InChI is InChI=1S/C19H20O3/c1-22-12-6-7-14-16(10-12)19-11(9-18(14)21)8-17(20)13-4-2-3-5-15(13)19/h2-7,10-11,17-21H,8-9H2,1H3. The predicted molar refractivity (Wildman–Crippen MR) is 83.9 cm³/mol. The highest BCUT2D eigenvalue weighted by Gasteiger charge is 2.41. The number of hydrogen-bond donors (Lipinski definition) is 2. The van der Waals surface area contributed by atoms with E-state index in [0.717, 1.165) is 22.4 Å². The normalized spacial score (nSPS) is 29.2. The molecule has 0 bridgehead atoms. The smallest absolute Gasteiger partial charge is 0.119 e. The van der Waals surface area contributed by atoms with E-state index in [4.69, 9.17) is 4.74 Å². The van der Waals surface area contributed by atoms with Gasteiger partial charge in [-0.25, -0.2) is 0 Å². The molecule has 2 aliphatic carbocycles. The Morgan fingerprint density at radius 3 is 2.18 bits per heavy atom. The molecule has 0 saturated heterocycles. The number of aliphatic hydroxyl groups is 2. The van der Waals surface area contributed by atoms with Gasteiger partial charge in [0.2, 0.25) is 0 Å². The maximum Gasteiger partial charge on any atom is 0.119 e. The quantitative estimate of drug-likeness (QED) is 0.849. The molecule has 0 amide bonds. The molecule has 0 saturated carbocycles. The highest BCUT2D eigenvalue weighted by Crippen LogP contribution is 2.53. The van der Waals surface area contributed by atoms with Gasteiger partial charge in [0.15, 0.2) is 0 Å². The maximum absolute atomic E-state index is 10.5. The van der Waals surface area contributed by atoms with Crippen molar-refractivity contribution in [1.29, 1.82) is 0 Å². The molecule has 0 fully saturated rings. The molecule has 2 aromatic rings. The predicted octanol–water partition coefficient (Wildman–Crippen LogP) is 3.32. The van der Waals surface area contributed by atoms with Crippen LogP contribution in [0.2, 0.25) is 0 Å². The molecular weight excluding hydrogens is 276 g/mol. The van der Waals surface area contributed by atoms with E-state index in [0.29, 0.717) is 12.8 Å². The van der Waals surface area contributed by atoms with Crippen LogP contribution >= 0.6 is 0 Å². The van der Waals surface area contributed by atoms with E-state index >= 15 is 0 Å². The Balaban J connectivity index is 1.92. The van der Waals surface area contributed by atoms with Gasteiger partial charge in [0.25, 0.3) is 0 Å². The van der Waals surface area contributed by atoms with Gasteiger partial charge in [-0.15, -0.1) is 0 Å². The largest absolute Gasteiger partial charge is 0.497 e. The van der Waals surface area contributed by atoms with E-state index in [-0.39, 0.29) is 11.8 Å². The molecule has 0 radical (unpaired) electrons. The van der Waals surface area contributed by atoms with Crippen LogP contribution in [0.25, 0.3) is 0 Å². The molecule has 0 spiro atoms. The first kappa shape index (κ1) is 13.8. The van der Waals surface area contributed by atoms with Gasteiger partial charge in [0, 0.05) is 5.92 Å². The molecule has 2 aliphatic rings. The van der Waals surface area contributed by atoms with Gasteiger partial charge in [0.05, 0.1) is 19.3 Å². The van der Waals surface area contributed by atoms with Crippen molar-refractivity contribution in [3.05, 3.63) is 64.7 Å². The van der Waals surface area contributed by atoms with Crippen LogP contribution in [0.1, 0.15) is 53.2 Å². The van der Waals surface area contributed by atoms with E-state index < -0.39 is 12.2 Å². The van der Waals surface area contributed by atoms with Crippen LogP contribution in [0.15, 0.2) is 42.5 Å². The molecule has 2 N–H and O–H groups in total. The summed E-state index contributed by atoms with van der Waals surface area (Å²) in [6.45, 7) is 0. The van der Waals surface area contributed by atoms with Crippen molar-refractivity contribution in [1.82, 2.24) is 0 Å². The summed E-state index contributed by atoms with van der Waals surface area (Å²) in [5.41, 5.74) is 4.34. The highest BCUT2D eigenvalue weighted by molar-refractivity contribution is 5.49. The minimum atomic E-state index is -0.459. The van der Waals surface area contributed by atoms with Crippen molar-refractivity contribution in [3.8, 4) is 5.75 Å². The summed E-state index contributed by atoms with van der Waals surface area (Å²) in [7, 11) is 1.66. The molecule has 3 heteroatoms. The third-order valence-corrected chi connectivity index (χ3v) is 5.20. The minimum absolute atomic E-state index is 0.230. The fourth-order valence-electron chi connectivity index (χ4n) is 4.22. The topological polar surface area (TPSA) is 49.7 Å². The van der Waals surface area contributed by atoms with Crippen molar-refractivity contribution in [2.24, 2.45) is 5.92 Å². The third-order valence-electron chi connectivity index (χ3n) is 5.20. The second kappa shape index (κ2) is 5.11. The van der Waals surface area contributed by atoms with Crippen LogP contribution in [0.3, 0.4) is 0 Å². The maximum atomic E-state index is 10.5. The molecule has 22 heavy (non-hydrogen) atoms. The van der Waals surface area contributed by atoms with E-state index in [1.807, 2.05) is 36.4 Å². The summed E-state index contributed by atoms with van der Waals surface area (Å²) in [5.74, 6) is 1.31. The highest BCUT2D eigenvalue weighted by atomic mass is 16.5. The van der Waals surface area contributed by atoms with Gasteiger partial charge in [0.1, 0.15) is 5.75 Å². The van der Waals surface area contributed by atoms with E-state index in [2.05, 4.69) is 6.07 Å². The van der Waals surface area contributed by atoms with E-state index in [1.165, 1.54) is 5.56 Å². The van der Waals surface area contributed by atoms with Crippen LogP contribution in [0.5, 0.6) is 5.75 Å². The zero-order chi connectivity index (χ0) is 15.3. The van der Waals surface area contributed by atoms with Crippen molar-refractivity contribution >= 4 is 0 Å². The number of methoxy groups -OCH3 is 1. The zero-order valence-corrected chi connectivity index (χ0v) is 12.6. The Kier molecular flexibility index (Phi) is 3.21. The zero-order valence-electron chi connectivity index (χ0n) is 12.6. The molecule has 0 heterocycles.